The summed E-state index contributed by atoms with van der Waals surface area (Å²) in [5.41, 5.74) is 5.97. The number of anilines is 2. The van der Waals surface area contributed by atoms with E-state index in [9.17, 15) is 4.79 Å². The molecule has 0 radical (unpaired) electrons. The molecule has 6 heteroatoms. The molecular formula is C32H39N3O3. The van der Waals surface area contributed by atoms with Crippen LogP contribution < -0.4 is 20.1 Å². The van der Waals surface area contributed by atoms with E-state index in [1.165, 1.54) is 5.56 Å². The van der Waals surface area contributed by atoms with Crippen LogP contribution in [0, 0.1) is 0 Å². The van der Waals surface area contributed by atoms with Gasteiger partial charge in [0.25, 0.3) is 5.91 Å². The van der Waals surface area contributed by atoms with Crippen molar-refractivity contribution < 1.29 is 14.3 Å². The fourth-order valence-electron chi connectivity index (χ4n) is 4.84. The maximum atomic E-state index is 13.4. The first-order chi connectivity index (χ1) is 18.6. The first kappa shape index (κ1) is 27.3. The molecule has 0 saturated heterocycles. The van der Waals surface area contributed by atoms with E-state index in [1.807, 2.05) is 56.3 Å². The van der Waals surface area contributed by atoms with Crippen LogP contribution in [0.1, 0.15) is 57.2 Å². The van der Waals surface area contributed by atoms with Crippen molar-refractivity contribution >= 4 is 28.6 Å². The van der Waals surface area contributed by atoms with Gasteiger partial charge in [0.15, 0.2) is 11.5 Å². The number of nitrogens with zero attached hydrogens (tertiary/aromatic N) is 1. The van der Waals surface area contributed by atoms with E-state index >= 15 is 0 Å². The van der Waals surface area contributed by atoms with E-state index in [0.717, 1.165) is 60.7 Å². The summed E-state index contributed by atoms with van der Waals surface area (Å²) in [5.74, 6) is 1.09. The number of carbonyl (C=O) groups excluding carboxylic acids is 1. The molecule has 1 heterocycles. The standard InChI is InChI=1S/C32H39N3O3/c1-5-18-35(19-6-2)22-23-14-16-25(17-15-23)33-31(24-12-10-9-11-13-24)30-26-20-28(37-7-3)29(38-8-4)21-27(26)34-32(30)36/h9-17,20-21,33H,5-8,18-19,22H2,1-4H3,(H,34,36). The van der Waals surface area contributed by atoms with Gasteiger partial charge in [0.05, 0.1) is 30.2 Å². The van der Waals surface area contributed by atoms with Gasteiger partial charge in [-0.3, -0.25) is 9.69 Å². The van der Waals surface area contributed by atoms with E-state index in [1.54, 1.807) is 0 Å². The highest BCUT2D eigenvalue weighted by molar-refractivity contribution is 6.37. The molecule has 4 rings (SSSR count). The average molecular weight is 514 g/mol. The van der Waals surface area contributed by atoms with Crippen LogP contribution in [0.4, 0.5) is 11.4 Å². The van der Waals surface area contributed by atoms with Crippen LogP contribution in [0.3, 0.4) is 0 Å². The Hall–Kier alpha value is -3.77. The third-order valence-electron chi connectivity index (χ3n) is 6.45. The second-order valence-electron chi connectivity index (χ2n) is 9.38. The van der Waals surface area contributed by atoms with Gasteiger partial charge < -0.3 is 20.1 Å². The Bertz CT molecular complexity index is 1250. The lowest BCUT2D eigenvalue weighted by Gasteiger charge is -2.21. The van der Waals surface area contributed by atoms with Gasteiger partial charge in [0.2, 0.25) is 0 Å². The SMILES string of the molecule is CCCN(CCC)Cc1ccc(NC(=C2C(=O)Nc3cc(OCC)c(OCC)cc32)c2ccccc2)cc1. The topological polar surface area (TPSA) is 62.8 Å². The van der Waals surface area contributed by atoms with Crippen LogP contribution >= 0.6 is 0 Å². The van der Waals surface area contributed by atoms with Crippen LogP contribution in [-0.4, -0.2) is 37.1 Å². The normalized spacial score (nSPS) is 13.8. The predicted molar refractivity (Wildman–Crippen MR) is 157 cm³/mol. The van der Waals surface area contributed by atoms with Crippen molar-refractivity contribution in [1.29, 1.82) is 0 Å². The number of nitrogens with one attached hydrogen (secondary N) is 2. The number of ether oxygens (including phenoxy) is 2. The Balaban J connectivity index is 1.72. The number of rotatable bonds is 13. The van der Waals surface area contributed by atoms with Crippen LogP contribution in [0.2, 0.25) is 0 Å². The third kappa shape index (κ3) is 6.37. The molecule has 0 unspecified atom stereocenters. The second-order valence-corrected chi connectivity index (χ2v) is 9.38. The molecular weight excluding hydrogens is 474 g/mol. The van der Waals surface area contributed by atoms with Gasteiger partial charge in [-0.15, -0.1) is 0 Å². The average Bonchev–Trinajstić information content (AvgIpc) is 3.23. The van der Waals surface area contributed by atoms with E-state index in [2.05, 4.69) is 53.6 Å². The van der Waals surface area contributed by atoms with Crippen molar-refractivity contribution in [2.75, 3.05) is 36.9 Å². The van der Waals surface area contributed by atoms with Gasteiger partial charge in [-0.1, -0.05) is 56.3 Å². The molecule has 0 aromatic heterocycles. The molecule has 38 heavy (non-hydrogen) atoms. The van der Waals surface area contributed by atoms with E-state index < -0.39 is 0 Å². The molecule has 2 N–H and O–H groups in total. The Morgan fingerprint density at radius 3 is 2.08 bits per heavy atom. The number of benzene rings is 3. The summed E-state index contributed by atoms with van der Waals surface area (Å²) >= 11 is 0. The molecule has 0 bridgehead atoms. The number of carbonyl (C=O) groups is 1. The fourth-order valence-corrected chi connectivity index (χ4v) is 4.84. The molecule has 0 aliphatic carbocycles. The predicted octanol–water partition coefficient (Wildman–Crippen LogP) is 7.04. The number of hydrogen-bond donors (Lipinski definition) is 2. The van der Waals surface area contributed by atoms with E-state index in [-0.39, 0.29) is 5.91 Å². The van der Waals surface area contributed by atoms with Gasteiger partial charge in [0.1, 0.15) is 0 Å². The summed E-state index contributed by atoms with van der Waals surface area (Å²) in [6, 6.07) is 22.2. The molecule has 0 spiro atoms. The molecule has 1 amide bonds. The fraction of sp³-hybridized carbons (Fsp3) is 0.344. The summed E-state index contributed by atoms with van der Waals surface area (Å²) in [7, 11) is 0. The molecule has 3 aromatic rings. The van der Waals surface area contributed by atoms with Crippen LogP contribution in [-0.2, 0) is 11.3 Å². The first-order valence-electron chi connectivity index (χ1n) is 13.7. The summed E-state index contributed by atoms with van der Waals surface area (Å²) < 4.78 is 11.7. The van der Waals surface area contributed by atoms with Gasteiger partial charge in [0, 0.05) is 23.9 Å². The van der Waals surface area contributed by atoms with E-state index in [0.29, 0.717) is 30.3 Å². The lowest BCUT2D eigenvalue weighted by molar-refractivity contribution is -0.110. The highest BCUT2D eigenvalue weighted by Crippen LogP contribution is 2.43. The zero-order valence-corrected chi connectivity index (χ0v) is 23.0. The lowest BCUT2D eigenvalue weighted by Crippen LogP contribution is -2.24. The molecule has 1 aliphatic rings. The van der Waals surface area contributed by atoms with Crippen molar-refractivity contribution in [3.05, 3.63) is 83.4 Å². The maximum Gasteiger partial charge on any atom is 0.258 e. The molecule has 0 fully saturated rings. The third-order valence-corrected chi connectivity index (χ3v) is 6.45. The highest BCUT2D eigenvalue weighted by Gasteiger charge is 2.30. The van der Waals surface area contributed by atoms with Crippen LogP contribution in [0.25, 0.3) is 11.3 Å². The summed E-state index contributed by atoms with van der Waals surface area (Å²) in [5, 5.41) is 6.59. The zero-order valence-electron chi connectivity index (χ0n) is 23.0. The van der Waals surface area contributed by atoms with Crippen LogP contribution in [0.5, 0.6) is 11.5 Å². The van der Waals surface area contributed by atoms with Gasteiger partial charge in [-0.25, -0.2) is 0 Å². The zero-order chi connectivity index (χ0) is 26.9. The van der Waals surface area contributed by atoms with Crippen molar-refractivity contribution in [2.24, 2.45) is 0 Å². The minimum absolute atomic E-state index is 0.158. The first-order valence-corrected chi connectivity index (χ1v) is 13.7. The van der Waals surface area contributed by atoms with E-state index in [4.69, 9.17) is 9.47 Å². The smallest absolute Gasteiger partial charge is 0.258 e. The number of fused-ring (bicyclic) bond motifs is 1. The Morgan fingerprint density at radius 2 is 1.47 bits per heavy atom. The number of hydrogen-bond acceptors (Lipinski definition) is 5. The van der Waals surface area contributed by atoms with Gasteiger partial charge >= 0.3 is 0 Å². The molecule has 1 aliphatic heterocycles. The lowest BCUT2D eigenvalue weighted by atomic mass is 9.99. The molecule has 0 atom stereocenters. The molecule has 200 valence electrons. The molecule has 0 saturated carbocycles. The Morgan fingerprint density at radius 1 is 0.842 bits per heavy atom. The Kier molecular flexibility index (Phi) is 9.44. The summed E-state index contributed by atoms with van der Waals surface area (Å²) in [6.07, 6.45) is 2.29. The van der Waals surface area contributed by atoms with Crippen LogP contribution in [0.15, 0.2) is 66.7 Å². The van der Waals surface area contributed by atoms with Crippen molar-refractivity contribution in [2.45, 2.75) is 47.1 Å². The summed E-state index contributed by atoms with van der Waals surface area (Å²) in [6.45, 7) is 12.5. The minimum Gasteiger partial charge on any atom is -0.490 e. The quantitative estimate of drug-likeness (QED) is 0.240. The highest BCUT2D eigenvalue weighted by atomic mass is 16.5. The summed E-state index contributed by atoms with van der Waals surface area (Å²) in [4.78, 5) is 15.9. The minimum atomic E-state index is -0.158. The van der Waals surface area contributed by atoms with Gasteiger partial charge in [-0.05, 0) is 69.1 Å². The largest absolute Gasteiger partial charge is 0.490 e. The number of amides is 1. The monoisotopic (exact) mass is 513 g/mol. The van der Waals surface area contributed by atoms with Crippen molar-refractivity contribution in [1.82, 2.24) is 4.90 Å². The van der Waals surface area contributed by atoms with Crippen molar-refractivity contribution in [3.8, 4) is 11.5 Å². The second kappa shape index (κ2) is 13.2. The Labute approximate surface area is 226 Å². The van der Waals surface area contributed by atoms with Gasteiger partial charge in [-0.2, -0.15) is 0 Å². The molecule has 3 aromatic carbocycles. The molecule has 6 nitrogen and oxygen atoms in total. The maximum absolute atomic E-state index is 13.4. The van der Waals surface area contributed by atoms with Crippen molar-refractivity contribution in [3.63, 3.8) is 0 Å².